The van der Waals surface area contributed by atoms with Crippen LogP contribution in [0.2, 0.25) is 0 Å². The van der Waals surface area contributed by atoms with Crippen molar-refractivity contribution in [1.82, 2.24) is 0 Å². The lowest BCUT2D eigenvalue weighted by Crippen LogP contribution is -2.39. The normalized spacial score (nSPS) is 45.9. The molecule has 2 fully saturated rings. The molecule has 4 nitrogen and oxygen atoms in total. The lowest BCUT2D eigenvalue weighted by Gasteiger charge is -2.30. The van der Waals surface area contributed by atoms with Gasteiger partial charge in [-0.05, 0) is 12.0 Å². The molecule has 4 rings (SSSR count). The van der Waals surface area contributed by atoms with Gasteiger partial charge in [-0.3, -0.25) is 4.79 Å². The Morgan fingerprint density at radius 1 is 1.17 bits per heavy atom. The minimum Gasteiger partial charge on any atom is -0.458 e. The van der Waals surface area contributed by atoms with Gasteiger partial charge in [0.1, 0.15) is 6.10 Å². The van der Waals surface area contributed by atoms with E-state index in [9.17, 15) is 4.79 Å². The summed E-state index contributed by atoms with van der Waals surface area (Å²) in [6.45, 7) is 2.79. The number of fused-ring (bicyclic) bond motifs is 3. The van der Waals surface area contributed by atoms with Gasteiger partial charge in [0, 0.05) is 24.7 Å². The van der Waals surface area contributed by atoms with Crippen LogP contribution in [0, 0.1) is 23.7 Å². The van der Waals surface area contributed by atoms with Crippen LogP contribution in [0.25, 0.3) is 0 Å². The Labute approximate surface area is 106 Å². The molecule has 0 unspecified atom stereocenters. The lowest BCUT2D eigenvalue weighted by atomic mass is 9.84. The fourth-order valence-corrected chi connectivity index (χ4v) is 4.18. The van der Waals surface area contributed by atoms with Crippen molar-refractivity contribution in [2.75, 3.05) is 13.2 Å². The first-order valence-electron chi connectivity index (χ1n) is 6.54. The number of hydrogen-bond acceptors (Lipinski definition) is 4. The predicted molar refractivity (Wildman–Crippen MR) is 62.4 cm³/mol. The summed E-state index contributed by atoms with van der Waals surface area (Å²) in [4.78, 5) is 11.2. The largest absolute Gasteiger partial charge is 0.458 e. The van der Waals surface area contributed by atoms with Gasteiger partial charge in [0.2, 0.25) is 0 Å². The summed E-state index contributed by atoms with van der Waals surface area (Å²) in [5, 5.41) is 0. The van der Waals surface area contributed by atoms with E-state index in [4.69, 9.17) is 14.2 Å². The Balaban J connectivity index is 1.67. The number of rotatable bonds is 1. The van der Waals surface area contributed by atoms with Gasteiger partial charge in [0.05, 0.1) is 13.2 Å². The van der Waals surface area contributed by atoms with Gasteiger partial charge in [-0.25, -0.2) is 0 Å². The molecular formula is C14H16O4. The van der Waals surface area contributed by atoms with E-state index in [2.05, 4.69) is 18.2 Å². The van der Waals surface area contributed by atoms with Crippen LogP contribution in [0.5, 0.6) is 0 Å². The average molecular weight is 248 g/mol. The average Bonchev–Trinajstić information content (AvgIpc) is 3.05. The number of carbonyl (C=O) groups excluding carboxylic acids is 1. The first-order chi connectivity index (χ1) is 8.72. The molecule has 0 amide bonds. The van der Waals surface area contributed by atoms with Crippen molar-refractivity contribution in [3.63, 3.8) is 0 Å². The summed E-state index contributed by atoms with van der Waals surface area (Å²) in [6.07, 6.45) is 8.44. The molecule has 5 atom stereocenters. The SMILES string of the molecule is CC(=O)O[C@@H]1C=C[C@H]2[C@@H]1[C@H]1C=C[C@H]2C12OCCO2. The molecule has 1 aliphatic heterocycles. The second-order valence-electron chi connectivity index (χ2n) is 5.47. The Kier molecular flexibility index (Phi) is 2.07. The van der Waals surface area contributed by atoms with Gasteiger partial charge in [-0.2, -0.15) is 0 Å². The number of esters is 1. The van der Waals surface area contributed by atoms with Crippen molar-refractivity contribution < 1.29 is 19.0 Å². The predicted octanol–water partition coefficient (Wildman–Crippen LogP) is 1.28. The Bertz CT molecular complexity index is 447. The van der Waals surface area contributed by atoms with Gasteiger partial charge < -0.3 is 14.2 Å². The number of allylic oxidation sites excluding steroid dienone is 1. The van der Waals surface area contributed by atoms with Gasteiger partial charge >= 0.3 is 5.97 Å². The molecule has 3 aliphatic carbocycles. The summed E-state index contributed by atoms with van der Waals surface area (Å²) in [5.74, 6) is 0.434. The highest BCUT2D eigenvalue weighted by atomic mass is 16.7. The van der Waals surface area contributed by atoms with Crippen LogP contribution < -0.4 is 0 Å². The lowest BCUT2D eigenvalue weighted by molar-refractivity contribution is -0.190. The molecule has 0 N–H and O–H groups in total. The van der Waals surface area contributed by atoms with E-state index >= 15 is 0 Å². The third-order valence-electron chi connectivity index (χ3n) is 4.67. The monoisotopic (exact) mass is 248 g/mol. The van der Waals surface area contributed by atoms with E-state index in [0.717, 1.165) is 0 Å². The number of carbonyl (C=O) groups is 1. The van der Waals surface area contributed by atoms with E-state index in [1.54, 1.807) is 0 Å². The topological polar surface area (TPSA) is 44.8 Å². The zero-order chi connectivity index (χ0) is 12.3. The molecule has 2 bridgehead atoms. The highest BCUT2D eigenvalue weighted by Gasteiger charge is 2.67. The van der Waals surface area contributed by atoms with Crippen molar-refractivity contribution >= 4 is 5.97 Å². The van der Waals surface area contributed by atoms with Crippen LogP contribution in [-0.4, -0.2) is 31.1 Å². The highest BCUT2D eigenvalue weighted by Crippen LogP contribution is 2.61. The van der Waals surface area contributed by atoms with E-state index in [0.29, 0.717) is 19.1 Å². The third kappa shape index (κ3) is 1.15. The molecule has 1 heterocycles. The maximum atomic E-state index is 11.2. The molecule has 0 aromatic carbocycles. The molecule has 0 aromatic rings. The molecule has 0 radical (unpaired) electrons. The molecule has 0 aromatic heterocycles. The van der Waals surface area contributed by atoms with Crippen molar-refractivity contribution in [2.24, 2.45) is 23.7 Å². The molecule has 4 heteroatoms. The van der Waals surface area contributed by atoms with E-state index < -0.39 is 5.79 Å². The van der Waals surface area contributed by atoms with Gasteiger partial charge in [-0.15, -0.1) is 0 Å². The quantitative estimate of drug-likeness (QED) is 0.518. The smallest absolute Gasteiger partial charge is 0.303 e. The van der Waals surface area contributed by atoms with Crippen molar-refractivity contribution in [2.45, 2.75) is 18.8 Å². The van der Waals surface area contributed by atoms with Gasteiger partial charge in [0.15, 0.2) is 5.79 Å². The molecule has 18 heavy (non-hydrogen) atoms. The summed E-state index contributed by atoms with van der Waals surface area (Å²) in [6, 6.07) is 0. The second kappa shape index (κ2) is 3.45. The Hall–Kier alpha value is -1.13. The summed E-state index contributed by atoms with van der Waals surface area (Å²) < 4.78 is 17.2. The molecule has 4 aliphatic rings. The van der Waals surface area contributed by atoms with Crippen LogP contribution in [0.15, 0.2) is 24.3 Å². The number of hydrogen-bond donors (Lipinski definition) is 0. The molecule has 1 spiro atoms. The van der Waals surface area contributed by atoms with Crippen LogP contribution in [-0.2, 0) is 19.0 Å². The van der Waals surface area contributed by atoms with Crippen LogP contribution in [0.4, 0.5) is 0 Å². The first kappa shape index (κ1) is 10.8. The third-order valence-corrected chi connectivity index (χ3v) is 4.67. The van der Waals surface area contributed by atoms with Crippen LogP contribution in [0.3, 0.4) is 0 Å². The molecule has 96 valence electrons. The number of ether oxygens (including phenoxy) is 3. The molecule has 1 saturated carbocycles. The fourth-order valence-electron chi connectivity index (χ4n) is 4.18. The second-order valence-corrected chi connectivity index (χ2v) is 5.47. The minimum absolute atomic E-state index is 0.128. The first-order valence-corrected chi connectivity index (χ1v) is 6.54. The maximum absolute atomic E-state index is 11.2. The van der Waals surface area contributed by atoms with Crippen LogP contribution >= 0.6 is 0 Å². The minimum atomic E-state index is -0.474. The highest BCUT2D eigenvalue weighted by molar-refractivity contribution is 5.66. The van der Waals surface area contributed by atoms with Gasteiger partial charge in [0.25, 0.3) is 0 Å². The summed E-state index contributed by atoms with van der Waals surface area (Å²) >= 11 is 0. The summed E-state index contributed by atoms with van der Waals surface area (Å²) in [7, 11) is 0. The zero-order valence-corrected chi connectivity index (χ0v) is 10.2. The van der Waals surface area contributed by atoms with Crippen LogP contribution in [0.1, 0.15) is 6.92 Å². The molecular weight excluding hydrogens is 232 g/mol. The Morgan fingerprint density at radius 3 is 2.61 bits per heavy atom. The van der Waals surface area contributed by atoms with E-state index in [1.807, 2.05) is 6.08 Å². The summed E-state index contributed by atoms with van der Waals surface area (Å²) in [5.41, 5.74) is 0. The Morgan fingerprint density at radius 2 is 1.89 bits per heavy atom. The van der Waals surface area contributed by atoms with Crippen molar-refractivity contribution in [1.29, 1.82) is 0 Å². The molecule has 1 saturated heterocycles. The standard InChI is InChI=1S/C14H16O4/c1-8(15)18-12-5-2-9-10-3-4-11(13(9)12)14(10)16-6-7-17-14/h2-5,9-13H,6-7H2,1H3/t9-,10-,11-,12-,13-/m1/s1. The van der Waals surface area contributed by atoms with Gasteiger partial charge in [-0.1, -0.05) is 18.2 Å². The fraction of sp³-hybridized carbons (Fsp3) is 0.643. The van der Waals surface area contributed by atoms with Crippen molar-refractivity contribution in [3.05, 3.63) is 24.3 Å². The maximum Gasteiger partial charge on any atom is 0.303 e. The van der Waals surface area contributed by atoms with Crippen molar-refractivity contribution in [3.8, 4) is 0 Å². The zero-order valence-electron chi connectivity index (χ0n) is 10.2. The van der Waals surface area contributed by atoms with E-state index in [1.165, 1.54) is 6.92 Å². The van der Waals surface area contributed by atoms with E-state index in [-0.39, 0.29) is 29.8 Å².